The minimum atomic E-state index is 0.344. The average molecular weight is 359 g/mol. The third-order valence-corrected chi connectivity index (χ3v) is 4.22. The summed E-state index contributed by atoms with van der Waals surface area (Å²) < 4.78 is 0. The second-order valence-electron chi connectivity index (χ2n) is 4.26. The maximum atomic E-state index is 6.15. The lowest BCUT2D eigenvalue weighted by molar-refractivity contribution is 1.05. The summed E-state index contributed by atoms with van der Waals surface area (Å²) in [7, 11) is 0. The Hall–Kier alpha value is -1.26. The normalized spacial score (nSPS) is 10.9. The third kappa shape index (κ3) is 2.87. The smallest absolute Gasteiger partial charge is 0.161 e. The van der Waals surface area contributed by atoms with E-state index in [1.165, 1.54) is 0 Å². The van der Waals surface area contributed by atoms with Crippen LogP contribution in [-0.4, -0.2) is 10.2 Å². The molecule has 0 aliphatic heterocycles. The maximum Gasteiger partial charge on any atom is 0.161 e. The molecule has 1 aromatic heterocycles. The summed E-state index contributed by atoms with van der Waals surface area (Å²) in [5.74, 6) is 0.537. The minimum Gasteiger partial charge on any atom is -0.337 e. The van der Waals surface area contributed by atoms with Gasteiger partial charge in [0.15, 0.2) is 11.0 Å². The lowest BCUT2D eigenvalue weighted by atomic mass is 10.2. The second-order valence-corrected chi connectivity index (χ2v) is 5.84. The van der Waals surface area contributed by atoms with E-state index < -0.39 is 0 Å². The number of halogens is 4. The van der Waals surface area contributed by atoms with Gasteiger partial charge in [-0.15, -0.1) is 10.2 Å². The zero-order chi connectivity index (χ0) is 15.0. The zero-order valence-electron chi connectivity index (χ0n) is 10.4. The van der Waals surface area contributed by atoms with Gasteiger partial charge in [0.1, 0.15) is 0 Å². The molecule has 0 aliphatic carbocycles. The summed E-state index contributed by atoms with van der Waals surface area (Å²) in [6.07, 6.45) is 0. The van der Waals surface area contributed by atoms with Crippen molar-refractivity contribution in [2.24, 2.45) is 0 Å². The molecule has 3 rings (SSSR count). The zero-order valence-corrected chi connectivity index (χ0v) is 13.4. The van der Waals surface area contributed by atoms with Crippen LogP contribution >= 0.6 is 46.4 Å². The Kier molecular flexibility index (Phi) is 4.09. The van der Waals surface area contributed by atoms with Crippen molar-refractivity contribution in [2.45, 2.75) is 0 Å². The van der Waals surface area contributed by atoms with Crippen molar-refractivity contribution in [1.29, 1.82) is 0 Å². The molecule has 0 fully saturated rings. The van der Waals surface area contributed by atoms with Gasteiger partial charge in [-0.3, -0.25) is 0 Å². The molecular formula is C14H7Cl4N3. The first-order valence-corrected chi connectivity index (χ1v) is 7.40. The Morgan fingerprint density at radius 3 is 2.19 bits per heavy atom. The topological polar surface area (TPSA) is 37.8 Å². The molecule has 0 bridgehead atoms. The van der Waals surface area contributed by atoms with Crippen LogP contribution in [0.25, 0.3) is 10.8 Å². The van der Waals surface area contributed by atoms with Crippen molar-refractivity contribution in [2.75, 3.05) is 5.32 Å². The van der Waals surface area contributed by atoms with E-state index in [0.29, 0.717) is 31.7 Å². The average Bonchev–Trinajstić information content (AvgIpc) is 2.48. The van der Waals surface area contributed by atoms with Crippen LogP contribution in [0.4, 0.5) is 11.5 Å². The molecule has 0 saturated carbocycles. The first-order valence-electron chi connectivity index (χ1n) is 5.89. The van der Waals surface area contributed by atoms with Crippen LogP contribution < -0.4 is 5.32 Å². The van der Waals surface area contributed by atoms with E-state index in [1.807, 2.05) is 24.3 Å². The Labute approximate surface area is 140 Å². The Bertz CT molecular complexity index is 836. The van der Waals surface area contributed by atoms with Gasteiger partial charge in [-0.25, -0.2) is 0 Å². The van der Waals surface area contributed by atoms with Crippen molar-refractivity contribution < 1.29 is 0 Å². The van der Waals surface area contributed by atoms with Crippen LogP contribution in [0.15, 0.2) is 36.4 Å². The highest BCUT2D eigenvalue weighted by atomic mass is 35.5. The molecule has 3 nitrogen and oxygen atoms in total. The van der Waals surface area contributed by atoms with E-state index in [1.54, 1.807) is 12.1 Å². The highest BCUT2D eigenvalue weighted by Gasteiger charge is 2.11. The predicted molar refractivity (Wildman–Crippen MR) is 89.3 cm³/mol. The first kappa shape index (κ1) is 14.7. The van der Waals surface area contributed by atoms with Gasteiger partial charge in [-0.2, -0.15) is 0 Å². The SMILES string of the molecule is Clc1cc(Cl)c(Nc2nnc(Cl)c3ccccc23)cc1Cl. The van der Waals surface area contributed by atoms with Crippen molar-refractivity contribution in [3.05, 3.63) is 56.6 Å². The van der Waals surface area contributed by atoms with Crippen LogP contribution in [0.1, 0.15) is 0 Å². The summed E-state index contributed by atoms with van der Waals surface area (Å²) in [6, 6.07) is 10.7. The van der Waals surface area contributed by atoms with Gasteiger partial charge < -0.3 is 5.32 Å². The Morgan fingerprint density at radius 1 is 0.762 bits per heavy atom. The maximum absolute atomic E-state index is 6.15. The van der Waals surface area contributed by atoms with Crippen LogP contribution in [0, 0.1) is 0 Å². The first-order chi connectivity index (χ1) is 10.1. The van der Waals surface area contributed by atoms with E-state index in [9.17, 15) is 0 Å². The molecule has 0 spiro atoms. The summed E-state index contributed by atoms with van der Waals surface area (Å²) >= 11 is 24.1. The fourth-order valence-corrected chi connectivity index (χ4v) is 2.71. The molecule has 7 heteroatoms. The fourth-order valence-electron chi connectivity index (χ4n) is 1.91. The van der Waals surface area contributed by atoms with E-state index in [-0.39, 0.29) is 0 Å². The standard InChI is InChI=1S/C14H7Cl4N3/c15-9-5-11(17)12(6-10(9)16)19-14-8-4-2-1-3-7(8)13(18)20-21-14/h1-6H,(H,19,21). The fraction of sp³-hybridized carbons (Fsp3) is 0. The highest BCUT2D eigenvalue weighted by molar-refractivity contribution is 6.44. The van der Waals surface area contributed by atoms with Crippen LogP contribution in [-0.2, 0) is 0 Å². The molecule has 0 amide bonds. The molecule has 0 unspecified atom stereocenters. The molecule has 1 N–H and O–H groups in total. The van der Waals surface area contributed by atoms with Crippen molar-refractivity contribution in [1.82, 2.24) is 10.2 Å². The number of benzene rings is 2. The van der Waals surface area contributed by atoms with Crippen LogP contribution in [0.3, 0.4) is 0 Å². The van der Waals surface area contributed by atoms with Gasteiger partial charge in [0.05, 0.1) is 20.8 Å². The minimum absolute atomic E-state index is 0.344. The van der Waals surface area contributed by atoms with Crippen LogP contribution in [0.5, 0.6) is 0 Å². The summed E-state index contributed by atoms with van der Waals surface area (Å²) in [5, 5.41) is 14.3. The second kappa shape index (κ2) is 5.85. The summed E-state index contributed by atoms with van der Waals surface area (Å²) in [4.78, 5) is 0. The number of nitrogens with one attached hydrogen (secondary N) is 1. The molecule has 0 radical (unpaired) electrons. The molecule has 3 aromatic rings. The highest BCUT2D eigenvalue weighted by Crippen LogP contribution is 2.35. The van der Waals surface area contributed by atoms with Gasteiger partial charge in [0, 0.05) is 10.8 Å². The van der Waals surface area contributed by atoms with Crippen molar-refractivity contribution in [3.8, 4) is 0 Å². The number of fused-ring (bicyclic) bond motifs is 1. The Morgan fingerprint density at radius 2 is 1.43 bits per heavy atom. The van der Waals surface area contributed by atoms with Gasteiger partial charge in [-0.1, -0.05) is 70.7 Å². The van der Waals surface area contributed by atoms with Gasteiger partial charge >= 0.3 is 0 Å². The summed E-state index contributed by atoms with van der Waals surface area (Å²) in [6.45, 7) is 0. The molecule has 1 heterocycles. The number of anilines is 2. The predicted octanol–water partition coefficient (Wildman–Crippen LogP) is 5.99. The lowest BCUT2D eigenvalue weighted by Gasteiger charge is -2.11. The number of aromatic nitrogens is 2. The number of nitrogens with zero attached hydrogens (tertiary/aromatic N) is 2. The largest absolute Gasteiger partial charge is 0.337 e. The van der Waals surface area contributed by atoms with E-state index in [4.69, 9.17) is 46.4 Å². The van der Waals surface area contributed by atoms with E-state index in [0.717, 1.165) is 10.8 Å². The van der Waals surface area contributed by atoms with Gasteiger partial charge in [-0.05, 0) is 12.1 Å². The molecule has 21 heavy (non-hydrogen) atoms. The van der Waals surface area contributed by atoms with E-state index >= 15 is 0 Å². The lowest BCUT2D eigenvalue weighted by Crippen LogP contribution is -1.98. The van der Waals surface area contributed by atoms with Gasteiger partial charge in [0.25, 0.3) is 0 Å². The molecule has 0 saturated heterocycles. The Balaban J connectivity index is 2.11. The molecule has 0 atom stereocenters. The quantitative estimate of drug-likeness (QED) is 0.572. The monoisotopic (exact) mass is 357 g/mol. The molecule has 106 valence electrons. The van der Waals surface area contributed by atoms with Crippen molar-refractivity contribution >= 4 is 68.7 Å². The van der Waals surface area contributed by atoms with Gasteiger partial charge in [0.2, 0.25) is 0 Å². The van der Waals surface area contributed by atoms with E-state index in [2.05, 4.69) is 15.5 Å². The number of hydrogen-bond acceptors (Lipinski definition) is 3. The van der Waals surface area contributed by atoms with Crippen molar-refractivity contribution in [3.63, 3.8) is 0 Å². The third-order valence-electron chi connectivity index (χ3n) is 2.91. The molecule has 0 aliphatic rings. The molecule has 2 aromatic carbocycles. The summed E-state index contributed by atoms with van der Waals surface area (Å²) in [5.41, 5.74) is 0.591. The number of hydrogen-bond donors (Lipinski definition) is 1. The molecular weight excluding hydrogens is 352 g/mol. The van der Waals surface area contributed by atoms with Crippen LogP contribution in [0.2, 0.25) is 20.2 Å². The number of rotatable bonds is 2.